The van der Waals surface area contributed by atoms with Crippen molar-refractivity contribution in [1.29, 1.82) is 0 Å². The van der Waals surface area contributed by atoms with Gasteiger partial charge in [0.1, 0.15) is 11.6 Å². The van der Waals surface area contributed by atoms with Gasteiger partial charge in [0.15, 0.2) is 11.7 Å². The van der Waals surface area contributed by atoms with E-state index in [1.165, 1.54) is 30.8 Å². The predicted octanol–water partition coefficient (Wildman–Crippen LogP) is 4.76. The van der Waals surface area contributed by atoms with Gasteiger partial charge in [-0.25, -0.2) is 4.39 Å². The van der Waals surface area contributed by atoms with Crippen molar-refractivity contribution in [2.75, 3.05) is 19.7 Å². The molecule has 0 aromatic heterocycles. The minimum absolute atomic E-state index is 0.00771. The van der Waals surface area contributed by atoms with E-state index in [9.17, 15) is 14.0 Å². The van der Waals surface area contributed by atoms with Crippen molar-refractivity contribution in [3.05, 3.63) is 64.4 Å². The van der Waals surface area contributed by atoms with E-state index in [1.54, 1.807) is 30.3 Å². The van der Waals surface area contributed by atoms with Crippen molar-refractivity contribution in [2.45, 2.75) is 45.2 Å². The van der Waals surface area contributed by atoms with Crippen molar-refractivity contribution in [3.8, 4) is 5.75 Å². The van der Waals surface area contributed by atoms with Gasteiger partial charge in [0.05, 0.1) is 0 Å². The molecule has 8 heteroatoms. The Balaban J connectivity index is 1.58. The number of thioether (sulfide) groups is 1. The highest BCUT2D eigenvalue weighted by molar-refractivity contribution is 8.12. The summed E-state index contributed by atoms with van der Waals surface area (Å²) in [4.78, 5) is 28.4. The Morgan fingerprint density at radius 1 is 1.12 bits per heavy atom. The fourth-order valence-electron chi connectivity index (χ4n) is 3.79. The van der Waals surface area contributed by atoms with Crippen molar-refractivity contribution in [2.24, 2.45) is 0 Å². The van der Waals surface area contributed by atoms with E-state index in [1.807, 2.05) is 11.8 Å². The second kappa shape index (κ2) is 11.2. The molecule has 32 heavy (non-hydrogen) atoms. The van der Waals surface area contributed by atoms with Crippen LogP contribution in [0.5, 0.6) is 5.75 Å². The quantitative estimate of drug-likeness (QED) is 0.574. The molecule has 172 valence electrons. The molecule has 0 bridgehead atoms. The SMILES string of the molecule is CC(=O)SCc1cc(Cl)ccc1OCC(=O)N1C[C@H](C)N(Cc2ccc(F)cc2)C[C@H]1C. The van der Waals surface area contributed by atoms with Crippen LogP contribution in [-0.4, -0.2) is 52.6 Å². The standard InChI is InChI=1S/C24H28ClFN2O3S/c1-16-12-28(17(2)11-27(16)13-19-4-7-22(26)8-5-19)24(30)14-31-23-9-6-21(25)10-20(23)15-32-18(3)29/h4-10,16-17H,11-15H2,1-3H3/t16-,17+/m0/s1. The summed E-state index contributed by atoms with van der Waals surface area (Å²) in [5.41, 5.74) is 1.84. The molecule has 1 saturated heterocycles. The lowest BCUT2D eigenvalue weighted by molar-refractivity contribution is -0.139. The van der Waals surface area contributed by atoms with Crippen LogP contribution in [0.4, 0.5) is 4.39 Å². The average Bonchev–Trinajstić information content (AvgIpc) is 2.75. The monoisotopic (exact) mass is 478 g/mol. The Hall–Kier alpha value is -2.09. The molecule has 0 radical (unpaired) electrons. The van der Waals surface area contributed by atoms with E-state index in [0.717, 1.165) is 17.7 Å². The molecule has 3 rings (SSSR count). The van der Waals surface area contributed by atoms with E-state index in [2.05, 4.69) is 11.8 Å². The minimum Gasteiger partial charge on any atom is -0.483 e. The van der Waals surface area contributed by atoms with E-state index in [-0.39, 0.29) is 35.5 Å². The summed E-state index contributed by atoms with van der Waals surface area (Å²) < 4.78 is 19.0. The lowest BCUT2D eigenvalue weighted by atomic mass is 10.1. The summed E-state index contributed by atoms with van der Waals surface area (Å²) in [6.07, 6.45) is 0. The summed E-state index contributed by atoms with van der Waals surface area (Å²) >= 11 is 7.26. The number of nitrogens with zero attached hydrogens (tertiary/aromatic N) is 2. The molecule has 2 aromatic rings. The van der Waals surface area contributed by atoms with Crippen LogP contribution in [0.25, 0.3) is 0 Å². The van der Waals surface area contributed by atoms with E-state index in [0.29, 0.717) is 29.6 Å². The Kier molecular flexibility index (Phi) is 8.57. The zero-order chi connectivity index (χ0) is 23.3. The van der Waals surface area contributed by atoms with Gasteiger partial charge in [-0.2, -0.15) is 0 Å². The summed E-state index contributed by atoms with van der Waals surface area (Å²) in [7, 11) is 0. The third kappa shape index (κ3) is 6.70. The topological polar surface area (TPSA) is 49.9 Å². The molecule has 1 fully saturated rings. The Labute approximate surface area is 197 Å². The van der Waals surface area contributed by atoms with Gasteiger partial charge in [-0.3, -0.25) is 14.5 Å². The lowest BCUT2D eigenvalue weighted by Crippen LogP contribution is -2.58. The van der Waals surface area contributed by atoms with Crippen LogP contribution < -0.4 is 4.74 Å². The largest absolute Gasteiger partial charge is 0.483 e. The van der Waals surface area contributed by atoms with Gasteiger partial charge in [-0.1, -0.05) is 35.5 Å². The molecule has 0 N–H and O–H groups in total. The van der Waals surface area contributed by atoms with Crippen LogP contribution in [0.1, 0.15) is 31.9 Å². The first-order valence-corrected chi connectivity index (χ1v) is 11.9. The third-order valence-electron chi connectivity index (χ3n) is 5.54. The number of rotatable bonds is 7. The zero-order valence-corrected chi connectivity index (χ0v) is 20.1. The highest BCUT2D eigenvalue weighted by Crippen LogP contribution is 2.27. The maximum atomic E-state index is 13.2. The third-order valence-corrected chi connectivity index (χ3v) is 6.64. The number of amides is 1. The van der Waals surface area contributed by atoms with E-state index >= 15 is 0 Å². The van der Waals surface area contributed by atoms with Gasteiger partial charge in [-0.05, 0) is 49.7 Å². The highest BCUT2D eigenvalue weighted by Gasteiger charge is 2.32. The van der Waals surface area contributed by atoms with Crippen LogP contribution in [0, 0.1) is 5.82 Å². The molecular formula is C24H28ClFN2O3S. The first kappa shape index (κ1) is 24.6. The highest BCUT2D eigenvalue weighted by atomic mass is 35.5. The van der Waals surface area contributed by atoms with Crippen LogP contribution in [-0.2, 0) is 21.9 Å². The summed E-state index contributed by atoms with van der Waals surface area (Å²) in [5, 5.41) is 0.566. The summed E-state index contributed by atoms with van der Waals surface area (Å²) in [6.45, 7) is 7.59. The molecule has 2 aromatic carbocycles. The Morgan fingerprint density at radius 2 is 1.84 bits per heavy atom. The van der Waals surface area contributed by atoms with Crippen LogP contribution in [0.15, 0.2) is 42.5 Å². The first-order chi connectivity index (χ1) is 15.2. The van der Waals surface area contributed by atoms with Crippen LogP contribution >= 0.6 is 23.4 Å². The van der Waals surface area contributed by atoms with Crippen molar-refractivity contribution in [1.82, 2.24) is 9.80 Å². The van der Waals surface area contributed by atoms with Crippen LogP contribution in [0.3, 0.4) is 0 Å². The molecule has 1 aliphatic rings. The normalized spacial score (nSPS) is 19.1. The minimum atomic E-state index is -0.241. The number of hydrogen-bond donors (Lipinski definition) is 0. The smallest absolute Gasteiger partial charge is 0.260 e. The maximum absolute atomic E-state index is 13.2. The number of ether oxygens (including phenoxy) is 1. The van der Waals surface area contributed by atoms with Crippen molar-refractivity contribution in [3.63, 3.8) is 0 Å². The predicted molar refractivity (Wildman–Crippen MR) is 126 cm³/mol. The van der Waals surface area contributed by atoms with Gasteiger partial charge in [-0.15, -0.1) is 0 Å². The molecule has 5 nitrogen and oxygen atoms in total. The van der Waals surface area contributed by atoms with Gasteiger partial charge >= 0.3 is 0 Å². The molecule has 0 aliphatic carbocycles. The molecule has 1 amide bonds. The number of benzene rings is 2. The molecule has 1 heterocycles. The molecule has 0 spiro atoms. The second-order valence-corrected chi connectivity index (χ2v) is 9.71. The second-order valence-electron chi connectivity index (χ2n) is 8.12. The van der Waals surface area contributed by atoms with Gasteiger partial charge in [0, 0.05) is 55.0 Å². The molecule has 2 atom stereocenters. The number of carbonyl (C=O) groups is 2. The van der Waals surface area contributed by atoms with Crippen LogP contribution in [0.2, 0.25) is 5.02 Å². The fraction of sp³-hybridized carbons (Fsp3) is 0.417. The number of piperazine rings is 1. The summed E-state index contributed by atoms with van der Waals surface area (Å²) in [5.74, 6) is 0.682. The van der Waals surface area contributed by atoms with Gasteiger partial charge in [0.2, 0.25) is 0 Å². The number of carbonyl (C=O) groups excluding carboxylic acids is 2. The van der Waals surface area contributed by atoms with Crippen molar-refractivity contribution < 1.29 is 18.7 Å². The molecular weight excluding hydrogens is 451 g/mol. The summed E-state index contributed by atoms with van der Waals surface area (Å²) in [6, 6.07) is 11.9. The fourth-order valence-corrected chi connectivity index (χ4v) is 4.57. The lowest BCUT2D eigenvalue weighted by Gasteiger charge is -2.44. The average molecular weight is 479 g/mol. The first-order valence-electron chi connectivity index (χ1n) is 10.6. The zero-order valence-electron chi connectivity index (χ0n) is 18.5. The Morgan fingerprint density at radius 3 is 2.53 bits per heavy atom. The molecule has 0 saturated carbocycles. The van der Waals surface area contributed by atoms with E-state index < -0.39 is 0 Å². The van der Waals surface area contributed by atoms with E-state index in [4.69, 9.17) is 16.3 Å². The number of halogens is 2. The Bertz CT molecular complexity index is 957. The van der Waals surface area contributed by atoms with Gasteiger partial charge in [0.25, 0.3) is 5.91 Å². The maximum Gasteiger partial charge on any atom is 0.260 e. The van der Waals surface area contributed by atoms with Gasteiger partial charge < -0.3 is 9.64 Å². The molecule has 1 aliphatic heterocycles. The number of hydrogen-bond acceptors (Lipinski definition) is 5. The molecule has 0 unspecified atom stereocenters. The van der Waals surface area contributed by atoms with Crippen molar-refractivity contribution >= 4 is 34.4 Å².